The van der Waals surface area contributed by atoms with Crippen molar-refractivity contribution in [3.8, 4) is 0 Å². The molecule has 0 spiro atoms. The molecule has 6 heteroatoms. The average molecular weight is 304 g/mol. The number of anilines is 1. The number of hydrogen-bond donors (Lipinski definition) is 1. The Morgan fingerprint density at radius 3 is 2.90 bits per heavy atom. The summed E-state index contributed by atoms with van der Waals surface area (Å²) in [5.74, 6) is -0.229. The summed E-state index contributed by atoms with van der Waals surface area (Å²) in [5, 5.41) is 8.22. The van der Waals surface area contributed by atoms with Crippen LogP contribution >= 0.6 is 12.2 Å². The monoisotopic (exact) mass is 304 g/mol. The molecule has 1 N–H and O–H groups in total. The van der Waals surface area contributed by atoms with Gasteiger partial charge in [0.05, 0.1) is 18.4 Å². The van der Waals surface area contributed by atoms with Crippen LogP contribution in [0.2, 0.25) is 0 Å². The highest BCUT2D eigenvalue weighted by Crippen LogP contribution is 2.13. The summed E-state index contributed by atoms with van der Waals surface area (Å²) in [4.78, 5) is 2.17. The zero-order valence-electron chi connectivity index (χ0n) is 11.6. The van der Waals surface area contributed by atoms with Crippen LogP contribution < -0.4 is 5.32 Å². The van der Waals surface area contributed by atoms with Gasteiger partial charge >= 0.3 is 0 Å². The van der Waals surface area contributed by atoms with Gasteiger partial charge in [0.25, 0.3) is 0 Å². The van der Waals surface area contributed by atoms with Gasteiger partial charge in [0.1, 0.15) is 5.82 Å². The summed E-state index contributed by atoms with van der Waals surface area (Å²) in [5.41, 5.74) is 1.75. The van der Waals surface area contributed by atoms with Gasteiger partial charge in [-0.2, -0.15) is 5.10 Å². The number of likely N-dealkylation sites (tertiary alicyclic amines) is 1. The lowest BCUT2D eigenvalue weighted by molar-refractivity contribution is 0.528. The van der Waals surface area contributed by atoms with Gasteiger partial charge in [0.15, 0.2) is 5.11 Å². The van der Waals surface area contributed by atoms with Crippen molar-refractivity contribution in [1.29, 1.82) is 0 Å². The van der Waals surface area contributed by atoms with Crippen molar-refractivity contribution in [3.63, 3.8) is 0 Å². The maximum absolute atomic E-state index is 13.2. The van der Waals surface area contributed by atoms with Gasteiger partial charge in [-0.3, -0.25) is 4.68 Å². The van der Waals surface area contributed by atoms with E-state index in [2.05, 4.69) is 15.3 Å². The van der Waals surface area contributed by atoms with Gasteiger partial charge in [-0.15, -0.1) is 0 Å². The Labute approximate surface area is 128 Å². The molecule has 2 heterocycles. The molecule has 1 fully saturated rings. The van der Waals surface area contributed by atoms with Crippen LogP contribution in [0.1, 0.15) is 18.4 Å². The summed E-state index contributed by atoms with van der Waals surface area (Å²) < 4.78 is 14.9. The van der Waals surface area contributed by atoms with Crippen molar-refractivity contribution in [2.45, 2.75) is 19.4 Å². The molecule has 0 atom stereocenters. The molecule has 110 valence electrons. The molecule has 0 unspecified atom stereocenters. The Kier molecular flexibility index (Phi) is 4.15. The minimum absolute atomic E-state index is 0.229. The number of nitrogens with zero attached hydrogens (tertiary/aromatic N) is 3. The molecule has 0 saturated carbocycles. The molecule has 2 aromatic rings. The van der Waals surface area contributed by atoms with Crippen molar-refractivity contribution < 1.29 is 4.39 Å². The van der Waals surface area contributed by atoms with Crippen LogP contribution in [-0.2, 0) is 6.54 Å². The minimum atomic E-state index is -0.229. The van der Waals surface area contributed by atoms with Crippen molar-refractivity contribution in [2.24, 2.45) is 0 Å². The van der Waals surface area contributed by atoms with E-state index in [1.54, 1.807) is 16.9 Å². The zero-order chi connectivity index (χ0) is 14.7. The lowest BCUT2D eigenvalue weighted by atomic mass is 10.2. The van der Waals surface area contributed by atoms with Crippen LogP contribution in [-0.4, -0.2) is 32.9 Å². The first-order valence-corrected chi connectivity index (χ1v) is 7.44. The van der Waals surface area contributed by atoms with E-state index in [0.717, 1.165) is 29.5 Å². The van der Waals surface area contributed by atoms with Crippen molar-refractivity contribution >= 4 is 23.0 Å². The zero-order valence-corrected chi connectivity index (χ0v) is 12.4. The molecule has 1 aliphatic rings. The summed E-state index contributed by atoms with van der Waals surface area (Å²) in [7, 11) is 0. The SMILES string of the molecule is Fc1cccc(Cn2cc(NC(=S)N3CCCC3)cn2)c1. The highest BCUT2D eigenvalue weighted by atomic mass is 32.1. The van der Waals surface area contributed by atoms with E-state index in [9.17, 15) is 4.39 Å². The first-order valence-electron chi connectivity index (χ1n) is 7.03. The highest BCUT2D eigenvalue weighted by molar-refractivity contribution is 7.80. The third kappa shape index (κ3) is 3.58. The third-order valence-electron chi connectivity index (χ3n) is 3.51. The summed E-state index contributed by atoms with van der Waals surface area (Å²) in [6, 6.07) is 6.54. The molecular weight excluding hydrogens is 287 g/mol. The molecule has 1 aromatic heterocycles. The summed E-state index contributed by atoms with van der Waals surface area (Å²) in [6.07, 6.45) is 6.01. The van der Waals surface area contributed by atoms with Crippen LogP contribution in [0.25, 0.3) is 0 Å². The first kappa shape index (κ1) is 14.0. The largest absolute Gasteiger partial charge is 0.349 e. The number of rotatable bonds is 3. The Hall–Kier alpha value is -1.95. The second kappa shape index (κ2) is 6.22. The Morgan fingerprint density at radius 2 is 2.14 bits per heavy atom. The Bertz CT molecular complexity index is 634. The van der Waals surface area contributed by atoms with Gasteiger partial charge in [0, 0.05) is 19.3 Å². The summed E-state index contributed by atoms with van der Waals surface area (Å²) in [6.45, 7) is 2.57. The van der Waals surface area contributed by atoms with E-state index >= 15 is 0 Å². The van der Waals surface area contributed by atoms with E-state index in [1.807, 2.05) is 12.3 Å². The number of nitrogens with one attached hydrogen (secondary N) is 1. The Balaban J connectivity index is 1.62. The highest BCUT2D eigenvalue weighted by Gasteiger charge is 2.15. The van der Waals surface area contributed by atoms with Crippen LogP contribution in [0.15, 0.2) is 36.7 Å². The van der Waals surface area contributed by atoms with Gasteiger partial charge in [-0.1, -0.05) is 12.1 Å². The molecular formula is C15H17FN4S. The van der Waals surface area contributed by atoms with Gasteiger partial charge in [0.2, 0.25) is 0 Å². The standard InChI is InChI=1S/C15H17FN4S/c16-13-5-3-4-12(8-13)10-20-11-14(9-17-20)18-15(21)19-6-1-2-7-19/h3-5,8-9,11H,1-2,6-7,10H2,(H,18,21). The Morgan fingerprint density at radius 1 is 1.33 bits per heavy atom. The molecule has 1 aliphatic heterocycles. The maximum atomic E-state index is 13.2. The van der Waals surface area contributed by atoms with Crippen molar-refractivity contribution in [1.82, 2.24) is 14.7 Å². The van der Waals surface area contributed by atoms with E-state index < -0.39 is 0 Å². The topological polar surface area (TPSA) is 33.1 Å². The smallest absolute Gasteiger partial charge is 0.173 e. The third-order valence-corrected chi connectivity index (χ3v) is 3.87. The number of aromatic nitrogens is 2. The van der Waals surface area contributed by atoms with Crippen LogP contribution in [0, 0.1) is 5.82 Å². The molecule has 0 amide bonds. The second-order valence-electron chi connectivity index (χ2n) is 5.18. The average Bonchev–Trinajstić information content (AvgIpc) is 3.10. The molecule has 0 radical (unpaired) electrons. The molecule has 1 aromatic carbocycles. The molecule has 0 aliphatic carbocycles. The minimum Gasteiger partial charge on any atom is -0.349 e. The summed E-state index contributed by atoms with van der Waals surface area (Å²) >= 11 is 5.38. The maximum Gasteiger partial charge on any atom is 0.173 e. The number of benzene rings is 1. The predicted molar refractivity (Wildman–Crippen MR) is 84.8 cm³/mol. The molecule has 0 bridgehead atoms. The van der Waals surface area contributed by atoms with Crippen molar-refractivity contribution in [3.05, 3.63) is 48.0 Å². The first-order chi connectivity index (χ1) is 10.2. The van der Waals surface area contributed by atoms with E-state index in [0.29, 0.717) is 6.54 Å². The fraction of sp³-hybridized carbons (Fsp3) is 0.333. The quantitative estimate of drug-likeness (QED) is 0.884. The van der Waals surface area contributed by atoms with Crippen LogP contribution in [0.3, 0.4) is 0 Å². The lowest BCUT2D eigenvalue weighted by Gasteiger charge is -2.18. The number of thiocarbonyl (C=S) groups is 1. The predicted octanol–water partition coefficient (Wildman–Crippen LogP) is 2.86. The van der Waals surface area contributed by atoms with E-state index in [-0.39, 0.29) is 5.82 Å². The fourth-order valence-electron chi connectivity index (χ4n) is 2.46. The van der Waals surface area contributed by atoms with Gasteiger partial charge < -0.3 is 10.2 Å². The number of halogens is 1. The molecule has 4 nitrogen and oxygen atoms in total. The van der Waals surface area contributed by atoms with Gasteiger partial charge in [-0.05, 0) is 42.8 Å². The molecule has 3 rings (SSSR count). The molecule has 1 saturated heterocycles. The second-order valence-corrected chi connectivity index (χ2v) is 5.57. The normalized spacial score (nSPS) is 14.4. The molecule has 21 heavy (non-hydrogen) atoms. The van der Waals surface area contributed by atoms with E-state index in [1.165, 1.54) is 25.0 Å². The van der Waals surface area contributed by atoms with Crippen LogP contribution in [0.4, 0.5) is 10.1 Å². The van der Waals surface area contributed by atoms with E-state index in [4.69, 9.17) is 12.2 Å². The lowest BCUT2D eigenvalue weighted by Crippen LogP contribution is -2.31. The van der Waals surface area contributed by atoms with Gasteiger partial charge in [-0.25, -0.2) is 4.39 Å². The van der Waals surface area contributed by atoms with Crippen LogP contribution in [0.5, 0.6) is 0 Å². The van der Waals surface area contributed by atoms with Crippen molar-refractivity contribution in [2.75, 3.05) is 18.4 Å². The number of hydrogen-bond acceptors (Lipinski definition) is 2. The fourth-order valence-corrected chi connectivity index (χ4v) is 2.76.